The standard InChI is InChI=1S/C13H20FNO/c1-4-13(15-10(2)9-16-3)11-7-5-6-8-12(11)14/h5-8,10,13,15H,4,9H2,1-3H3. The van der Waals surface area contributed by atoms with Gasteiger partial charge in [-0.05, 0) is 19.4 Å². The maximum absolute atomic E-state index is 13.6. The first kappa shape index (κ1) is 13.1. The number of halogens is 1. The van der Waals surface area contributed by atoms with Crippen LogP contribution in [0, 0.1) is 5.82 Å². The highest BCUT2D eigenvalue weighted by Gasteiger charge is 2.15. The summed E-state index contributed by atoms with van der Waals surface area (Å²) in [5.41, 5.74) is 0.730. The quantitative estimate of drug-likeness (QED) is 0.803. The molecule has 90 valence electrons. The molecule has 0 heterocycles. The van der Waals surface area contributed by atoms with Gasteiger partial charge in [-0.25, -0.2) is 4.39 Å². The smallest absolute Gasteiger partial charge is 0.127 e. The van der Waals surface area contributed by atoms with Crippen molar-refractivity contribution >= 4 is 0 Å². The van der Waals surface area contributed by atoms with Gasteiger partial charge in [0.2, 0.25) is 0 Å². The molecule has 0 saturated heterocycles. The first-order valence-corrected chi connectivity index (χ1v) is 5.68. The maximum Gasteiger partial charge on any atom is 0.127 e. The Balaban J connectivity index is 2.71. The predicted octanol–water partition coefficient (Wildman–Crippen LogP) is 2.90. The third kappa shape index (κ3) is 3.58. The van der Waals surface area contributed by atoms with Gasteiger partial charge in [-0.1, -0.05) is 25.1 Å². The van der Waals surface area contributed by atoms with Crippen LogP contribution < -0.4 is 5.32 Å². The van der Waals surface area contributed by atoms with Crippen molar-refractivity contribution in [2.24, 2.45) is 0 Å². The van der Waals surface area contributed by atoms with Crippen LogP contribution in [-0.4, -0.2) is 19.8 Å². The molecule has 3 heteroatoms. The molecule has 16 heavy (non-hydrogen) atoms. The van der Waals surface area contributed by atoms with Crippen LogP contribution in [0.15, 0.2) is 24.3 Å². The molecule has 0 aliphatic rings. The molecular formula is C13H20FNO. The van der Waals surface area contributed by atoms with Crippen LogP contribution in [-0.2, 0) is 4.74 Å². The van der Waals surface area contributed by atoms with Gasteiger partial charge < -0.3 is 10.1 Å². The molecule has 0 bridgehead atoms. The maximum atomic E-state index is 13.6. The lowest BCUT2D eigenvalue weighted by Gasteiger charge is -2.22. The molecule has 1 N–H and O–H groups in total. The van der Waals surface area contributed by atoms with E-state index in [1.807, 2.05) is 26.0 Å². The van der Waals surface area contributed by atoms with Gasteiger partial charge in [0.1, 0.15) is 5.82 Å². The Morgan fingerprint density at radius 1 is 1.38 bits per heavy atom. The lowest BCUT2D eigenvalue weighted by molar-refractivity contribution is 0.166. The van der Waals surface area contributed by atoms with Gasteiger partial charge in [0.05, 0.1) is 6.61 Å². The van der Waals surface area contributed by atoms with Gasteiger partial charge >= 0.3 is 0 Å². The summed E-state index contributed by atoms with van der Waals surface area (Å²) in [5.74, 6) is -0.147. The number of rotatable bonds is 6. The summed E-state index contributed by atoms with van der Waals surface area (Å²) >= 11 is 0. The third-order valence-corrected chi connectivity index (χ3v) is 2.59. The number of hydrogen-bond acceptors (Lipinski definition) is 2. The Morgan fingerprint density at radius 2 is 2.06 bits per heavy atom. The summed E-state index contributed by atoms with van der Waals surface area (Å²) < 4.78 is 18.7. The molecule has 1 aromatic carbocycles. The Morgan fingerprint density at radius 3 is 2.62 bits per heavy atom. The van der Waals surface area contributed by atoms with E-state index in [0.29, 0.717) is 6.61 Å². The number of benzene rings is 1. The average molecular weight is 225 g/mol. The highest BCUT2D eigenvalue weighted by molar-refractivity contribution is 5.21. The zero-order valence-electron chi connectivity index (χ0n) is 10.2. The molecule has 0 spiro atoms. The van der Waals surface area contributed by atoms with Crippen molar-refractivity contribution in [2.45, 2.75) is 32.4 Å². The number of hydrogen-bond donors (Lipinski definition) is 1. The van der Waals surface area contributed by atoms with Gasteiger partial charge in [-0.15, -0.1) is 0 Å². The van der Waals surface area contributed by atoms with Gasteiger partial charge in [-0.2, -0.15) is 0 Å². The zero-order valence-corrected chi connectivity index (χ0v) is 10.2. The van der Waals surface area contributed by atoms with E-state index in [2.05, 4.69) is 5.32 Å². The van der Waals surface area contributed by atoms with Crippen molar-refractivity contribution in [3.05, 3.63) is 35.6 Å². The lowest BCUT2D eigenvalue weighted by atomic mass is 10.0. The average Bonchev–Trinajstić information content (AvgIpc) is 2.27. The molecule has 2 nitrogen and oxygen atoms in total. The molecule has 0 aromatic heterocycles. The summed E-state index contributed by atoms with van der Waals surface area (Å²) in [7, 11) is 1.67. The predicted molar refractivity (Wildman–Crippen MR) is 63.9 cm³/mol. The number of methoxy groups -OCH3 is 1. The molecule has 0 amide bonds. The van der Waals surface area contributed by atoms with E-state index in [4.69, 9.17) is 4.74 Å². The Hall–Kier alpha value is -0.930. The molecule has 2 unspecified atom stereocenters. The monoisotopic (exact) mass is 225 g/mol. The van der Waals surface area contributed by atoms with Crippen molar-refractivity contribution in [3.63, 3.8) is 0 Å². The second kappa shape index (κ2) is 6.61. The number of ether oxygens (including phenoxy) is 1. The van der Waals surface area contributed by atoms with Crippen molar-refractivity contribution < 1.29 is 9.13 Å². The first-order chi connectivity index (χ1) is 7.69. The lowest BCUT2D eigenvalue weighted by Crippen LogP contribution is -2.33. The van der Waals surface area contributed by atoms with Crippen LogP contribution in [0.25, 0.3) is 0 Å². The van der Waals surface area contributed by atoms with Crippen LogP contribution >= 0.6 is 0 Å². The highest BCUT2D eigenvalue weighted by Crippen LogP contribution is 2.20. The topological polar surface area (TPSA) is 21.3 Å². The Kier molecular flexibility index (Phi) is 5.43. The molecule has 1 aromatic rings. The van der Waals surface area contributed by atoms with Gasteiger partial charge in [0.25, 0.3) is 0 Å². The third-order valence-electron chi connectivity index (χ3n) is 2.59. The summed E-state index contributed by atoms with van der Waals surface area (Å²) in [5, 5.41) is 3.36. The summed E-state index contributed by atoms with van der Waals surface area (Å²) in [6.07, 6.45) is 0.856. The second-order valence-electron chi connectivity index (χ2n) is 4.01. The van der Waals surface area contributed by atoms with E-state index in [9.17, 15) is 4.39 Å². The second-order valence-corrected chi connectivity index (χ2v) is 4.01. The van der Waals surface area contributed by atoms with Crippen LogP contribution in [0.4, 0.5) is 4.39 Å². The first-order valence-electron chi connectivity index (χ1n) is 5.68. The number of nitrogens with one attached hydrogen (secondary N) is 1. The van der Waals surface area contributed by atoms with E-state index < -0.39 is 0 Å². The molecule has 0 fully saturated rings. The van der Waals surface area contributed by atoms with E-state index in [1.165, 1.54) is 6.07 Å². The van der Waals surface area contributed by atoms with Gasteiger partial charge in [-0.3, -0.25) is 0 Å². The minimum absolute atomic E-state index is 0.0475. The van der Waals surface area contributed by atoms with E-state index >= 15 is 0 Å². The van der Waals surface area contributed by atoms with E-state index in [1.54, 1.807) is 13.2 Å². The largest absolute Gasteiger partial charge is 0.383 e. The summed E-state index contributed by atoms with van der Waals surface area (Å²) in [6.45, 7) is 4.71. The van der Waals surface area contributed by atoms with Crippen molar-refractivity contribution in [3.8, 4) is 0 Å². The molecule has 2 atom stereocenters. The van der Waals surface area contributed by atoms with Crippen LogP contribution in [0.1, 0.15) is 31.9 Å². The van der Waals surface area contributed by atoms with E-state index in [-0.39, 0.29) is 17.9 Å². The Bertz CT molecular complexity index is 317. The minimum atomic E-state index is -0.147. The van der Waals surface area contributed by atoms with Gasteiger partial charge in [0, 0.05) is 24.8 Å². The van der Waals surface area contributed by atoms with Crippen molar-refractivity contribution in [1.82, 2.24) is 5.32 Å². The minimum Gasteiger partial charge on any atom is -0.383 e. The molecule has 0 saturated carbocycles. The highest BCUT2D eigenvalue weighted by atomic mass is 19.1. The Labute approximate surface area is 96.8 Å². The summed E-state index contributed by atoms with van der Waals surface area (Å²) in [6, 6.07) is 7.17. The van der Waals surface area contributed by atoms with Gasteiger partial charge in [0.15, 0.2) is 0 Å². The van der Waals surface area contributed by atoms with Crippen LogP contribution in [0.2, 0.25) is 0 Å². The van der Waals surface area contributed by atoms with Crippen molar-refractivity contribution in [2.75, 3.05) is 13.7 Å². The molecule has 0 aliphatic carbocycles. The van der Waals surface area contributed by atoms with E-state index in [0.717, 1.165) is 12.0 Å². The van der Waals surface area contributed by atoms with Crippen LogP contribution in [0.5, 0.6) is 0 Å². The fourth-order valence-corrected chi connectivity index (χ4v) is 1.83. The molecule has 0 radical (unpaired) electrons. The zero-order chi connectivity index (χ0) is 12.0. The van der Waals surface area contributed by atoms with Crippen molar-refractivity contribution in [1.29, 1.82) is 0 Å². The fourth-order valence-electron chi connectivity index (χ4n) is 1.83. The summed E-state index contributed by atoms with van der Waals surface area (Å²) in [4.78, 5) is 0. The molecule has 0 aliphatic heterocycles. The normalized spacial score (nSPS) is 14.8. The fraction of sp³-hybridized carbons (Fsp3) is 0.538. The SMILES string of the molecule is CCC(NC(C)COC)c1ccccc1F. The van der Waals surface area contributed by atoms with Crippen LogP contribution in [0.3, 0.4) is 0 Å². The molecular weight excluding hydrogens is 205 g/mol. The molecule has 1 rings (SSSR count).